The zero-order valence-electron chi connectivity index (χ0n) is 16.6. The molecule has 0 radical (unpaired) electrons. The molecule has 1 saturated carbocycles. The van der Waals surface area contributed by atoms with Crippen LogP contribution in [0.1, 0.15) is 31.2 Å². The molecule has 0 aromatic heterocycles. The molecule has 0 N–H and O–H groups in total. The molecular formula is C22H24N2O5. The van der Waals surface area contributed by atoms with Crippen LogP contribution in [0.15, 0.2) is 30.4 Å². The second kappa shape index (κ2) is 5.33. The van der Waals surface area contributed by atoms with Gasteiger partial charge in [-0.15, -0.1) is 0 Å². The Kier molecular flexibility index (Phi) is 3.18. The quantitative estimate of drug-likeness (QED) is 0.537. The molecule has 4 bridgehead atoms. The van der Waals surface area contributed by atoms with Crippen molar-refractivity contribution in [3.8, 4) is 5.75 Å². The number of nitrogens with zero attached hydrogens (tertiary/aromatic N) is 2. The van der Waals surface area contributed by atoms with Crippen molar-refractivity contribution in [1.82, 2.24) is 4.90 Å². The molecule has 1 amide bonds. The summed E-state index contributed by atoms with van der Waals surface area (Å²) in [6.07, 6.45) is 6.94. The van der Waals surface area contributed by atoms with Gasteiger partial charge in [-0.1, -0.05) is 12.2 Å². The van der Waals surface area contributed by atoms with Gasteiger partial charge in [0.2, 0.25) is 0 Å². The van der Waals surface area contributed by atoms with E-state index >= 15 is 0 Å². The highest BCUT2D eigenvalue weighted by atomic mass is 16.6. The minimum atomic E-state index is -0.873. The summed E-state index contributed by atoms with van der Waals surface area (Å²) in [6.45, 7) is 1.70. The van der Waals surface area contributed by atoms with Gasteiger partial charge in [0.25, 0.3) is 0 Å². The normalized spacial score (nSPS) is 38.8. The van der Waals surface area contributed by atoms with Crippen LogP contribution in [0.4, 0.5) is 10.5 Å². The Hall–Kier alpha value is -2.54. The predicted octanol–water partition coefficient (Wildman–Crippen LogP) is 2.59. The van der Waals surface area contributed by atoms with Gasteiger partial charge in [0.15, 0.2) is 5.60 Å². The van der Waals surface area contributed by atoms with Crippen molar-refractivity contribution in [3.63, 3.8) is 0 Å². The van der Waals surface area contributed by atoms with Crippen LogP contribution in [-0.4, -0.2) is 55.3 Å². The van der Waals surface area contributed by atoms with Crippen LogP contribution in [0.2, 0.25) is 0 Å². The van der Waals surface area contributed by atoms with Crippen LogP contribution in [0.25, 0.3) is 0 Å². The molecule has 5 heterocycles. The van der Waals surface area contributed by atoms with Crippen LogP contribution >= 0.6 is 0 Å². The summed E-state index contributed by atoms with van der Waals surface area (Å²) in [4.78, 5) is 30.6. The van der Waals surface area contributed by atoms with Gasteiger partial charge in [-0.2, -0.15) is 0 Å². The Labute approximate surface area is 169 Å². The van der Waals surface area contributed by atoms with Crippen LogP contribution < -0.4 is 9.64 Å². The van der Waals surface area contributed by atoms with E-state index in [9.17, 15) is 9.59 Å². The van der Waals surface area contributed by atoms with Gasteiger partial charge in [0.05, 0.1) is 25.8 Å². The summed E-state index contributed by atoms with van der Waals surface area (Å²) in [5.74, 6) is 0.0995. The van der Waals surface area contributed by atoms with Crippen molar-refractivity contribution < 1.29 is 23.8 Å². The molecule has 0 unspecified atom stereocenters. The summed E-state index contributed by atoms with van der Waals surface area (Å²) >= 11 is 0. The zero-order chi connectivity index (χ0) is 20.0. The molecule has 152 valence electrons. The number of fused-ring (bicyclic) bond motifs is 3. The minimum absolute atomic E-state index is 0.111. The van der Waals surface area contributed by atoms with Crippen molar-refractivity contribution in [2.24, 2.45) is 5.92 Å². The smallest absolute Gasteiger partial charge is 0.414 e. The molecule has 29 heavy (non-hydrogen) atoms. The number of rotatable bonds is 1. The third-order valence-electron chi connectivity index (χ3n) is 8.09. The van der Waals surface area contributed by atoms with Crippen LogP contribution in [0.3, 0.4) is 0 Å². The van der Waals surface area contributed by atoms with Crippen molar-refractivity contribution in [1.29, 1.82) is 0 Å². The van der Waals surface area contributed by atoms with Crippen LogP contribution in [0.5, 0.6) is 5.75 Å². The predicted molar refractivity (Wildman–Crippen MR) is 104 cm³/mol. The van der Waals surface area contributed by atoms with Gasteiger partial charge < -0.3 is 14.2 Å². The Morgan fingerprint density at radius 2 is 2.10 bits per heavy atom. The van der Waals surface area contributed by atoms with Gasteiger partial charge in [-0.3, -0.25) is 14.6 Å². The Balaban J connectivity index is 1.64. The highest BCUT2D eigenvalue weighted by Gasteiger charge is 2.78. The van der Waals surface area contributed by atoms with E-state index in [1.165, 1.54) is 7.11 Å². The molecule has 7 nitrogen and oxygen atoms in total. The maximum Gasteiger partial charge on any atom is 0.414 e. The molecule has 5 aliphatic heterocycles. The number of carbonyl (C=O) groups excluding carboxylic acids is 2. The molecule has 3 saturated heterocycles. The second-order valence-electron chi connectivity index (χ2n) is 8.82. The van der Waals surface area contributed by atoms with E-state index in [1.807, 2.05) is 18.2 Å². The average Bonchev–Trinajstić information content (AvgIpc) is 3.29. The summed E-state index contributed by atoms with van der Waals surface area (Å²) in [6, 6.07) is 5.68. The van der Waals surface area contributed by atoms with E-state index in [4.69, 9.17) is 14.2 Å². The van der Waals surface area contributed by atoms with Gasteiger partial charge >= 0.3 is 12.1 Å². The topological polar surface area (TPSA) is 68.3 Å². The minimum Gasteiger partial charge on any atom is -0.497 e. The average molecular weight is 396 g/mol. The largest absolute Gasteiger partial charge is 0.497 e. The number of carbonyl (C=O) groups is 2. The number of hydrogen-bond donors (Lipinski definition) is 0. The first-order valence-electron chi connectivity index (χ1n) is 10.2. The fourth-order valence-electron chi connectivity index (χ4n) is 6.90. The number of methoxy groups -OCH3 is 2. The summed E-state index contributed by atoms with van der Waals surface area (Å²) < 4.78 is 17.0. The first-order chi connectivity index (χ1) is 14.0. The molecule has 7 rings (SSSR count). The molecule has 6 aliphatic rings. The van der Waals surface area contributed by atoms with Gasteiger partial charge in [-0.25, -0.2) is 4.79 Å². The lowest BCUT2D eigenvalue weighted by molar-refractivity contribution is -0.152. The number of hydrogen-bond acceptors (Lipinski definition) is 6. The van der Waals surface area contributed by atoms with Gasteiger partial charge in [-0.05, 0) is 37.5 Å². The molecule has 4 fully saturated rings. The van der Waals surface area contributed by atoms with E-state index in [-0.39, 0.29) is 17.4 Å². The van der Waals surface area contributed by atoms with Crippen molar-refractivity contribution in [3.05, 3.63) is 35.9 Å². The number of ether oxygens (including phenoxy) is 3. The van der Waals surface area contributed by atoms with Gasteiger partial charge in [0.1, 0.15) is 11.3 Å². The fourth-order valence-corrected chi connectivity index (χ4v) is 6.90. The maximum absolute atomic E-state index is 13.3. The lowest BCUT2D eigenvalue weighted by Gasteiger charge is -2.56. The standard InChI is InChI=1S/C22H24N2O5/c1-27-14-4-5-17-15(12-14)22-9-11-23-10-3-6-20(23)7-8-21(22,24(17)19(26)28-2)16(13-20)18(25)29-22/h3-6,12,16H,7-11,13H2,1-2H3/t16-,20-,21-,22-/m1/s1. The monoisotopic (exact) mass is 396 g/mol. The van der Waals surface area contributed by atoms with E-state index in [0.29, 0.717) is 25.0 Å². The number of amides is 1. The summed E-state index contributed by atoms with van der Waals surface area (Å²) in [5, 5.41) is 0. The lowest BCUT2D eigenvalue weighted by Crippen LogP contribution is -2.68. The van der Waals surface area contributed by atoms with E-state index in [2.05, 4.69) is 17.1 Å². The van der Waals surface area contributed by atoms with Crippen molar-refractivity contribution in [2.75, 3.05) is 32.2 Å². The molecule has 1 aromatic rings. The number of esters is 1. The first kappa shape index (κ1) is 17.3. The third kappa shape index (κ3) is 1.75. The zero-order valence-corrected chi connectivity index (χ0v) is 16.6. The van der Waals surface area contributed by atoms with Gasteiger partial charge in [0, 0.05) is 30.6 Å². The number of anilines is 1. The fraction of sp³-hybridized carbons (Fsp3) is 0.545. The highest BCUT2D eigenvalue weighted by Crippen LogP contribution is 2.68. The first-order valence-corrected chi connectivity index (χ1v) is 10.2. The third-order valence-corrected chi connectivity index (χ3v) is 8.09. The van der Waals surface area contributed by atoms with E-state index in [0.717, 1.165) is 30.8 Å². The second-order valence-corrected chi connectivity index (χ2v) is 8.82. The maximum atomic E-state index is 13.3. The summed E-state index contributed by atoms with van der Waals surface area (Å²) in [5.41, 5.74) is -0.107. The van der Waals surface area contributed by atoms with Crippen molar-refractivity contribution >= 4 is 17.7 Å². The van der Waals surface area contributed by atoms with Crippen LogP contribution in [0, 0.1) is 5.92 Å². The Morgan fingerprint density at radius 1 is 1.24 bits per heavy atom. The molecule has 7 heteroatoms. The van der Waals surface area contributed by atoms with Crippen molar-refractivity contribution in [2.45, 2.75) is 42.4 Å². The van der Waals surface area contributed by atoms with E-state index in [1.54, 1.807) is 12.0 Å². The van der Waals surface area contributed by atoms with E-state index < -0.39 is 17.2 Å². The number of benzene rings is 1. The molecule has 1 aliphatic carbocycles. The summed E-state index contributed by atoms with van der Waals surface area (Å²) in [7, 11) is 3.01. The highest BCUT2D eigenvalue weighted by molar-refractivity contribution is 5.98. The molecule has 4 atom stereocenters. The molecule has 2 spiro atoms. The van der Waals surface area contributed by atoms with Crippen LogP contribution in [-0.2, 0) is 19.9 Å². The molecule has 1 aromatic carbocycles. The SMILES string of the molecule is COC(=O)N1c2ccc(OC)cc2[C@]23CCN4CC=C[C@]45CC[C@]12[C@H](C5)C(=O)O3. The lowest BCUT2D eigenvalue weighted by atomic mass is 9.58. The Bertz CT molecular complexity index is 976. The Morgan fingerprint density at radius 3 is 2.90 bits per heavy atom. The molecular weight excluding hydrogens is 372 g/mol.